The minimum atomic E-state index is 0.905. The summed E-state index contributed by atoms with van der Waals surface area (Å²) in [7, 11) is 4.87. The van der Waals surface area contributed by atoms with Crippen molar-refractivity contribution >= 4 is 32.3 Å². The van der Waals surface area contributed by atoms with Crippen LogP contribution < -0.4 is 4.74 Å². The molecule has 1 rings (SSSR count). The Morgan fingerprint density at radius 3 is 2.50 bits per heavy atom. The highest BCUT2D eigenvalue weighted by Gasteiger charge is 1.93. The molecular weight excluding hydrogens is 208 g/mol. The number of ether oxygens (including phenoxy) is 1. The van der Waals surface area contributed by atoms with Crippen molar-refractivity contribution in [3.05, 3.63) is 29.8 Å². The summed E-state index contributed by atoms with van der Waals surface area (Å²) in [6.07, 6.45) is 0. The van der Waals surface area contributed by atoms with Crippen molar-refractivity contribution in [2.24, 2.45) is 0 Å². The van der Waals surface area contributed by atoms with E-state index in [0.717, 1.165) is 11.5 Å². The van der Waals surface area contributed by atoms with Crippen LogP contribution in [0.15, 0.2) is 24.3 Å². The molecule has 0 aliphatic heterocycles. The Hall–Kier alpha value is 0.0700. The van der Waals surface area contributed by atoms with Gasteiger partial charge in [-0.2, -0.15) is 0 Å². The van der Waals surface area contributed by atoms with E-state index in [1.807, 2.05) is 12.1 Å². The Balaban J connectivity index is 2.53. The molecule has 4 heteroatoms. The number of benzene rings is 1. The molecule has 1 aromatic rings. The second-order valence-electron chi connectivity index (χ2n) is 2.18. The lowest BCUT2D eigenvalue weighted by Gasteiger charge is -2.01. The van der Waals surface area contributed by atoms with Crippen LogP contribution in [0.2, 0.25) is 0 Å². The van der Waals surface area contributed by atoms with Gasteiger partial charge in [0, 0.05) is 5.75 Å². The van der Waals surface area contributed by atoms with Crippen LogP contribution in [-0.2, 0) is 5.75 Å². The molecule has 0 fully saturated rings. The first kappa shape index (κ1) is 10.2. The molecule has 0 bridgehead atoms. The number of thiol groups is 1. The van der Waals surface area contributed by atoms with E-state index in [1.54, 1.807) is 17.9 Å². The molecule has 0 N–H and O–H groups in total. The van der Waals surface area contributed by atoms with Crippen molar-refractivity contribution < 1.29 is 4.74 Å². The maximum absolute atomic E-state index is 5.05. The van der Waals surface area contributed by atoms with E-state index >= 15 is 0 Å². The third kappa shape index (κ3) is 3.21. The third-order valence-corrected chi connectivity index (χ3v) is 3.61. The Morgan fingerprint density at radius 2 is 2.00 bits per heavy atom. The summed E-state index contributed by atoms with van der Waals surface area (Å²) in [6, 6.07) is 8.07. The van der Waals surface area contributed by atoms with Gasteiger partial charge in [0.05, 0.1) is 7.11 Å². The van der Waals surface area contributed by atoms with Gasteiger partial charge in [0.15, 0.2) is 0 Å². The summed E-state index contributed by atoms with van der Waals surface area (Å²) in [5, 5.41) is 0. The normalized spacial score (nSPS) is 9.83. The molecule has 0 aromatic heterocycles. The lowest BCUT2D eigenvalue weighted by atomic mass is 10.2. The predicted molar refractivity (Wildman–Crippen MR) is 60.9 cm³/mol. The maximum atomic E-state index is 5.05. The molecule has 0 heterocycles. The Morgan fingerprint density at radius 1 is 1.33 bits per heavy atom. The molecule has 1 nitrogen and oxygen atoms in total. The molecule has 0 amide bonds. The van der Waals surface area contributed by atoms with Gasteiger partial charge in [-0.25, -0.2) is 0 Å². The molecule has 0 saturated carbocycles. The summed E-state index contributed by atoms with van der Waals surface area (Å²) in [5.41, 5.74) is 1.29. The molecule has 66 valence electrons. The second kappa shape index (κ2) is 5.67. The fourth-order valence-electron chi connectivity index (χ4n) is 0.816. The summed E-state index contributed by atoms with van der Waals surface area (Å²) in [6.45, 7) is 0. The Labute approximate surface area is 85.5 Å². The molecule has 0 unspecified atom stereocenters. The first-order chi connectivity index (χ1) is 5.86. The summed E-state index contributed by atoms with van der Waals surface area (Å²) >= 11 is 4.04. The van der Waals surface area contributed by atoms with Gasteiger partial charge in [-0.3, -0.25) is 0 Å². The van der Waals surface area contributed by atoms with Gasteiger partial charge in [0.1, 0.15) is 5.75 Å². The maximum Gasteiger partial charge on any atom is 0.118 e. The van der Waals surface area contributed by atoms with Crippen molar-refractivity contribution in [3.63, 3.8) is 0 Å². The molecule has 0 atom stereocenters. The Bertz CT molecular complexity index is 222. The molecule has 0 saturated heterocycles. The predicted octanol–water partition coefficient (Wildman–Crippen LogP) is 3.42. The van der Waals surface area contributed by atoms with Gasteiger partial charge in [0.2, 0.25) is 0 Å². The zero-order valence-corrected chi connectivity index (χ0v) is 9.22. The summed E-state index contributed by atoms with van der Waals surface area (Å²) in [4.78, 5) is 0. The van der Waals surface area contributed by atoms with Gasteiger partial charge in [0.25, 0.3) is 0 Å². The van der Waals surface area contributed by atoms with Crippen molar-refractivity contribution in [3.8, 4) is 5.75 Å². The van der Waals surface area contributed by atoms with Crippen molar-refractivity contribution in [2.45, 2.75) is 5.75 Å². The highest BCUT2D eigenvalue weighted by molar-refractivity contribution is 9.05. The van der Waals surface area contributed by atoms with Crippen LogP contribution in [0.25, 0.3) is 0 Å². The third-order valence-electron chi connectivity index (χ3n) is 1.44. The van der Waals surface area contributed by atoms with Gasteiger partial charge >= 0.3 is 0 Å². The van der Waals surface area contributed by atoms with E-state index in [9.17, 15) is 0 Å². The number of rotatable bonds is 4. The minimum absolute atomic E-state index is 0.905. The van der Waals surface area contributed by atoms with Crippen LogP contribution in [0, 0.1) is 0 Å². The fraction of sp³-hybridized carbons (Fsp3) is 0.250. The van der Waals surface area contributed by atoms with Gasteiger partial charge in [-0.15, -0.1) is 0 Å². The van der Waals surface area contributed by atoms with E-state index in [4.69, 9.17) is 4.74 Å². The zero-order valence-electron chi connectivity index (χ0n) is 6.69. The average molecular weight is 218 g/mol. The largest absolute Gasteiger partial charge is 0.497 e. The summed E-state index contributed by atoms with van der Waals surface area (Å²) < 4.78 is 5.05. The Kier molecular flexibility index (Phi) is 4.80. The lowest BCUT2D eigenvalue weighted by Crippen LogP contribution is -1.83. The highest BCUT2D eigenvalue weighted by atomic mass is 33.5. The van der Waals surface area contributed by atoms with E-state index in [1.165, 1.54) is 15.4 Å². The second-order valence-corrected chi connectivity index (χ2v) is 5.35. The molecule has 0 aliphatic carbocycles. The van der Waals surface area contributed by atoms with Crippen LogP contribution in [-0.4, -0.2) is 7.11 Å². The molecule has 0 spiro atoms. The van der Waals surface area contributed by atoms with Crippen LogP contribution in [0.1, 0.15) is 5.56 Å². The van der Waals surface area contributed by atoms with E-state index in [-0.39, 0.29) is 0 Å². The fourth-order valence-corrected chi connectivity index (χ4v) is 2.24. The quantitative estimate of drug-likeness (QED) is 0.613. The van der Waals surface area contributed by atoms with Crippen LogP contribution in [0.5, 0.6) is 5.75 Å². The standard InChI is InChI=1S/C8H10OS3/c1-9-8-4-2-7(3-5-8)6-11-12-10/h2-5,10H,6H2,1H3. The van der Waals surface area contributed by atoms with E-state index in [2.05, 4.69) is 23.8 Å². The number of hydrogen-bond acceptors (Lipinski definition) is 4. The van der Waals surface area contributed by atoms with Crippen molar-refractivity contribution in [1.82, 2.24) is 0 Å². The van der Waals surface area contributed by atoms with Crippen LogP contribution in [0.3, 0.4) is 0 Å². The molecule has 0 radical (unpaired) electrons. The van der Waals surface area contributed by atoms with Crippen molar-refractivity contribution in [1.29, 1.82) is 0 Å². The molecule has 12 heavy (non-hydrogen) atoms. The number of methoxy groups -OCH3 is 1. The van der Waals surface area contributed by atoms with Gasteiger partial charge < -0.3 is 4.74 Å². The topological polar surface area (TPSA) is 9.23 Å². The van der Waals surface area contributed by atoms with E-state index < -0.39 is 0 Å². The zero-order chi connectivity index (χ0) is 8.81. The first-order valence-electron chi connectivity index (χ1n) is 3.43. The number of hydrogen-bond donors (Lipinski definition) is 1. The smallest absolute Gasteiger partial charge is 0.118 e. The average Bonchev–Trinajstić information content (AvgIpc) is 2.15. The van der Waals surface area contributed by atoms with Crippen LogP contribution in [0.4, 0.5) is 0 Å². The monoisotopic (exact) mass is 218 g/mol. The molecular formula is C8H10OS3. The molecule has 1 aromatic carbocycles. The van der Waals surface area contributed by atoms with E-state index in [0.29, 0.717) is 0 Å². The first-order valence-corrected chi connectivity index (χ1v) is 6.80. The molecule has 0 aliphatic rings. The SMILES string of the molecule is COc1ccc(CSSS)cc1. The lowest BCUT2D eigenvalue weighted by molar-refractivity contribution is 0.414. The van der Waals surface area contributed by atoms with Gasteiger partial charge in [-0.1, -0.05) is 34.6 Å². The summed E-state index contributed by atoms with van der Waals surface area (Å²) in [5.74, 6) is 1.89. The minimum Gasteiger partial charge on any atom is -0.497 e. The highest BCUT2D eigenvalue weighted by Crippen LogP contribution is 2.28. The van der Waals surface area contributed by atoms with Crippen molar-refractivity contribution in [2.75, 3.05) is 7.11 Å². The van der Waals surface area contributed by atoms with Gasteiger partial charge in [-0.05, 0) is 27.5 Å². The van der Waals surface area contributed by atoms with Crippen LogP contribution >= 0.6 is 32.3 Å².